The van der Waals surface area contributed by atoms with Crippen molar-refractivity contribution in [1.29, 1.82) is 0 Å². The zero-order valence-corrected chi connectivity index (χ0v) is 21.2. The predicted molar refractivity (Wildman–Crippen MR) is 146 cm³/mol. The monoisotopic (exact) mass is 492 g/mol. The smallest absolute Gasteiger partial charge is 0.226 e. The van der Waals surface area contributed by atoms with Crippen LogP contribution in [0.4, 0.5) is 11.8 Å². The highest BCUT2D eigenvalue weighted by molar-refractivity contribution is 6.29. The Morgan fingerprint density at radius 2 is 1.43 bits per heavy atom. The van der Waals surface area contributed by atoms with Crippen molar-refractivity contribution in [2.75, 3.05) is 23.7 Å². The molecule has 6 nitrogen and oxygen atoms in total. The molecule has 7 heteroatoms. The van der Waals surface area contributed by atoms with Crippen LogP contribution < -0.4 is 21.3 Å². The van der Waals surface area contributed by atoms with Gasteiger partial charge in [-0.15, -0.1) is 0 Å². The Morgan fingerprint density at radius 1 is 0.743 bits per heavy atom. The Morgan fingerprint density at radius 3 is 2.20 bits per heavy atom. The first-order chi connectivity index (χ1) is 17.2. The van der Waals surface area contributed by atoms with Crippen LogP contribution in [0, 0.1) is 0 Å². The maximum absolute atomic E-state index is 6.21. The molecule has 35 heavy (non-hydrogen) atoms. The summed E-state index contributed by atoms with van der Waals surface area (Å²) in [7, 11) is 0. The van der Waals surface area contributed by atoms with Gasteiger partial charge in [0.1, 0.15) is 11.0 Å². The van der Waals surface area contributed by atoms with E-state index in [-0.39, 0.29) is 0 Å². The Hall–Kier alpha value is -2.67. The molecule has 1 aliphatic carbocycles. The molecule has 0 saturated heterocycles. The van der Waals surface area contributed by atoms with Crippen molar-refractivity contribution < 1.29 is 0 Å². The molecule has 0 spiro atoms. The average molecular weight is 493 g/mol. The van der Waals surface area contributed by atoms with Crippen molar-refractivity contribution in [2.45, 2.75) is 64.2 Å². The highest BCUT2D eigenvalue weighted by Gasteiger charge is 2.11. The van der Waals surface area contributed by atoms with Gasteiger partial charge in [-0.1, -0.05) is 85.5 Å². The number of nitrogens with one attached hydrogen (secondary N) is 4. The van der Waals surface area contributed by atoms with E-state index in [4.69, 9.17) is 11.6 Å². The average Bonchev–Trinajstić information content (AvgIpc) is 2.90. The summed E-state index contributed by atoms with van der Waals surface area (Å²) < 4.78 is 0. The van der Waals surface area contributed by atoms with Gasteiger partial charge < -0.3 is 21.3 Å². The van der Waals surface area contributed by atoms with Gasteiger partial charge in [0.25, 0.3) is 0 Å². The van der Waals surface area contributed by atoms with Gasteiger partial charge in [0.2, 0.25) is 5.95 Å². The van der Waals surface area contributed by atoms with Crippen molar-refractivity contribution in [1.82, 2.24) is 20.6 Å². The van der Waals surface area contributed by atoms with Gasteiger partial charge in [0.05, 0.1) is 0 Å². The molecule has 1 fully saturated rings. The summed E-state index contributed by atoms with van der Waals surface area (Å²) in [4.78, 5) is 8.85. The van der Waals surface area contributed by atoms with E-state index in [1.54, 1.807) is 6.07 Å². The maximum Gasteiger partial charge on any atom is 0.226 e. The second kappa shape index (κ2) is 14.0. The van der Waals surface area contributed by atoms with E-state index < -0.39 is 0 Å². The molecule has 0 radical (unpaired) electrons. The number of anilines is 2. The summed E-state index contributed by atoms with van der Waals surface area (Å²) in [6.45, 7) is 4.36. The van der Waals surface area contributed by atoms with Gasteiger partial charge in [-0.05, 0) is 49.0 Å². The van der Waals surface area contributed by atoms with Crippen LogP contribution in [-0.2, 0) is 19.6 Å². The first kappa shape index (κ1) is 25.4. The molecule has 0 amide bonds. The van der Waals surface area contributed by atoms with Crippen molar-refractivity contribution in [3.8, 4) is 0 Å². The zero-order chi connectivity index (χ0) is 24.1. The Bertz CT molecular complexity index is 1010. The lowest BCUT2D eigenvalue weighted by molar-refractivity contribution is 0.371. The maximum atomic E-state index is 6.21. The number of nitrogens with zero attached hydrogens (tertiary/aromatic N) is 2. The lowest BCUT2D eigenvalue weighted by atomic mass is 9.95. The molecular weight excluding hydrogens is 456 g/mol. The molecule has 2 aromatic carbocycles. The van der Waals surface area contributed by atoms with Crippen LogP contribution in [0.5, 0.6) is 0 Å². The minimum absolute atomic E-state index is 0.411. The van der Waals surface area contributed by atoms with E-state index in [0.717, 1.165) is 25.7 Å². The molecule has 4 rings (SSSR count). The number of rotatable bonds is 13. The third kappa shape index (κ3) is 9.13. The molecule has 0 aliphatic heterocycles. The summed E-state index contributed by atoms with van der Waals surface area (Å²) in [5, 5.41) is 14.3. The number of benzene rings is 2. The second-order valence-corrected chi connectivity index (χ2v) is 9.62. The van der Waals surface area contributed by atoms with Gasteiger partial charge in [-0.25, -0.2) is 4.98 Å². The lowest BCUT2D eigenvalue weighted by Gasteiger charge is -2.22. The van der Waals surface area contributed by atoms with Crippen LogP contribution >= 0.6 is 11.6 Å². The van der Waals surface area contributed by atoms with Crippen LogP contribution in [0.15, 0.2) is 60.7 Å². The molecule has 4 N–H and O–H groups in total. The normalized spacial score (nSPS) is 14.1. The van der Waals surface area contributed by atoms with Crippen molar-refractivity contribution in [2.24, 2.45) is 0 Å². The van der Waals surface area contributed by atoms with E-state index in [1.807, 2.05) is 18.2 Å². The first-order valence-corrected chi connectivity index (χ1v) is 13.2. The lowest BCUT2D eigenvalue weighted by Crippen LogP contribution is -2.33. The van der Waals surface area contributed by atoms with E-state index in [9.17, 15) is 0 Å². The Balaban J connectivity index is 1.15. The van der Waals surface area contributed by atoms with E-state index >= 15 is 0 Å². The summed E-state index contributed by atoms with van der Waals surface area (Å²) in [5.74, 6) is 1.22. The molecule has 1 aromatic heterocycles. The molecule has 1 aliphatic rings. The van der Waals surface area contributed by atoms with Gasteiger partial charge in [0, 0.05) is 31.7 Å². The second-order valence-electron chi connectivity index (χ2n) is 9.23. The van der Waals surface area contributed by atoms with Crippen molar-refractivity contribution in [3.63, 3.8) is 0 Å². The molecule has 3 aromatic rings. The fourth-order valence-corrected chi connectivity index (χ4v) is 4.57. The molecule has 1 saturated carbocycles. The van der Waals surface area contributed by atoms with Crippen molar-refractivity contribution >= 4 is 23.4 Å². The standard InChI is InChI=1S/C28H37ClN6/c29-26-18-27(32-20-22-8-3-1-4-9-22)35-28(34-26)33-21-24-14-12-23(13-15-24)19-30-16-7-17-31-25-10-5-2-6-11-25/h1,3-4,8-9,12-15,18,25,30-31H,2,5-7,10-11,16-17,19-21H2,(H2,32,33,34,35). The zero-order valence-electron chi connectivity index (χ0n) is 20.4. The number of hydrogen-bond donors (Lipinski definition) is 4. The first-order valence-electron chi connectivity index (χ1n) is 12.8. The minimum Gasteiger partial charge on any atom is -0.366 e. The van der Waals surface area contributed by atoms with E-state index in [0.29, 0.717) is 30.0 Å². The van der Waals surface area contributed by atoms with Gasteiger partial charge >= 0.3 is 0 Å². The number of aromatic nitrogens is 2. The SMILES string of the molecule is Clc1cc(NCc2ccccc2)nc(NCc2ccc(CNCCCNC3CCCCC3)cc2)n1. The van der Waals surface area contributed by atoms with Gasteiger partial charge in [0.15, 0.2) is 0 Å². The highest BCUT2D eigenvalue weighted by Crippen LogP contribution is 2.18. The van der Waals surface area contributed by atoms with Crippen LogP contribution in [0.1, 0.15) is 55.2 Å². The van der Waals surface area contributed by atoms with Gasteiger partial charge in [-0.2, -0.15) is 4.98 Å². The van der Waals surface area contributed by atoms with E-state index in [2.05, 4.69) is 67.6 Å². The summed E-state index contributed by atoms with van der Waals surface area (Å²) in [5.41, 5.74) is 3.65. The van der Waals surface area contributed by atoms with Crippen LogP contribution in [0.25, 0.3) is 0 Å². The molecule has 0 atom stereocenters. The molecule has 186 valence electrons. The molecule has 1 heterocycles. The minimum atomic E-state index is 0.411. The Labute approximate surface area is 214 Å². The third-order valence-electron chi connectivity index (χ3n) is 6.38. The number of halogens is 1. The van der Waals surface area contributed by atoms with Gasteiger partial charge in [-0.3, -0.25) is 0 Å². The molecule has 0 bridgehead atoms. The third-order valence-corrected chi connectivity index (χ3v) is 6.58. The summed E-state index contributed by atoms with van der Waals surface area (Å²) in [6.07, 6.45) is 8.06. The summed E-state index contributed by atoms with van der Waals surface area (Å²) >= 11 is 6.21. The molecule has 0 unspecified atom stereocenters. The fraction of sp³-hybridized carbons (Fsp3) is 0.429. The van der Waals surface area contributed by atoms with Crippen LogP contribution in [-0.4, -0.2) is 29.1 Å². The van der Waals surface area contributed by atoms with Crippen molar-refractivity contribution in [3.05, 3.63) is 82.5 Å². The fourth-order valence-electron chi connectivity index (χ4n) is 4.39. The topological polar surface area (TPSA) is 73.9 Å². The largest absolute Gasteiger partial charge is 0.366 e. The number of hydrogen-bond acceptors (Lipinski definition) is 6. The molecular formula is C28H37ClN6. The van der Waals surface area contributed by atoms with Crippen LogP contribution in [0.3, 0.4) is 0 Å². The Kier molecular flexibility index (Phi) is 10.2. The quantitative estimate of drug-likeness (QED) is 0.180. The van der Waals surface area contributed by atoms with Crippen LogP contribution in [0.2, 0.25) is 5.15 Å². The van der Waals surface area contributed by atoms with E-state index in [1.165, 1.54) is 55.2 Å². The highest BCUT2D eigenvalue weighted by atomic mass is 35.5. The summed E-state index contributed by atoms with van der Waals surface area (Å²) in [6, 6.07) is 21.3. The predicted octanol–water partition coefficient (Wildman–Crippen LogP) is 5.76.